The fraction of sp³-hybridized carbons (Fsp3) is 0.875. The van der Waals surface area contributed by atoms with Gasteiger partial charge in [-0.2, -0.15) is 13.2 Å². The van der Waals surface area contributed by atoms with Crippen molar-refractivity contribution in [3.63, 3.8) is 0 Å². The van der Waals surface area contributed by atoms with Crippen LogP contribution in [0.3, 0.4) is 0 Å². The predicted octanol–water partition coefficient (Wildman–Crippen LogP) is 2.29. The van der Waals surface area contributed by atoms with Crippen LogP contribution in [0.5, 0.6) is 0 Å². The maximum absolute atomic E-state index is 12.1. The molecule has 2 rings (SSSR count). The molecule has 1 fully saturated rings. The Morgan fingerprint density at radius 3 is 2.31 bits per heavy atom. The minimum absolute atomic E-state index is 0.113. The number of halogens is 3. The van der Waals surface area contributed by atoms with Gasteiger partial charge in [0.1, 0.15) is 6.61 Å². The quantitative estimate of drug-likeness (QED) is 0.578. The first-order chi connectivity index (χ1) is 6.02. The predicted molar refractivity (Wildman–Crippen MR) is 40.6 cm³/mol. The molecule has 0 radical (unpaired) electrons. The van der Waals surface area contributed by atoms with E-state index in [2.05, 4.69) is 9.73 Å². The molecule has 0 bridgehead atoms. The lowest BCUT2D eigenvalue weighted by Gasteiger charge is -2.14. The summed E-state index contributed by atoms with van der Waals surface area (Å²) in [6.45, 7) is 0.113. The SMILES string of the molecule is FC(F)(F)C1=NC2(CCCC2)CO1. The van der Waals surface area contributed by atoms with Crippen molar-refractivity contribution in [3.05, 3.63) is 0 Å². The first kappa shape index (κ1) is 8.84. The van der Waals surface area contributed by atoms with Crippen molar-refractivity contribution in [3.8, 4) is 0 Å². The zero-order valence-electron chi connectivity index (χ0n) is 7.02. The Balaban J connectivity index is 2.17. The van der Waals surface area contributed by atoms with Gasteiger partial charge in [0.15, 0.2) is 0 Å². The van der Waals surface area contributed by atoms with Crippen molar-refractivity contribution in [1.82, 2.24) is 0 Å². The van der Waals surface area contributed by atoms with Crippen LogP contribution in [0, 0.1) is 0 Å². The first-order valence-corrected chi connectivity index (χ1v) is 4.32. The van der Waals surface area contributed by atoms with E-state index in [1.54, 1.807) is 0 Å². The van der Waals surface area contributed by atoms with Crippen LogP contribution >= 0.6 is 0 Å². The van der Waals surface area contributed by atoms with Gasteiger partial charge in [-0.15, -0.1) is 0 Å². The van der Waals surface area contributed by atoms with Crippen LogP contribution < -0.4 is 0 Å². The number of hydrogen-bond acceptors (Lipinski definition) is 2. The molecule has 2 aliphatic rings. The van der Waals surface area contributed by atoms with Crippen LogP contribution in [0.4, 0.5) is 13.2 Å². The van der Waals surface area contributed by atoms with Crippen molar-refractivity contribution < 1.29 is 17.9 Å². The van der Waals surface area contributed by atoms with Gasteiger partial charge < -0.3 is 4.74 Å². The van der Waals surface area contributed by atoms with Gasteiger partial charge in [-0.1, -0.05) is 12.8 Å². The van der Waals surface area contributed by atoms with E-state index in [0.29, 0.717) is 0 Å². The van der Waals surface area contributed by atoms with E-state index in [9.17, 15) is 13.2 Å². The lowest BCUT2D eigenvalue weighted by Crippen LogP contribution is -2.23. The second-order valence-electron chi connectivity index (χ2n) is 3.63. The minimum Gasteiger partial charge on any atom is -0.472 e. The summed E-state index contributed by atoms with van der Waals surface area (Å²) in [6.07, 6.45) is -1.04. The highest BCUT2D eigenvalue weighted by Crippen LogP contribution is 2.39. The maximum atomic E-state index is 12.1. The summed E-state index contributed by atoms with van der Waals surface area (Å²) < 4.78 is 41.0. The van der Waals surface area contributed by atoms with Crippen LogP contribution in [-0.4, -0.2) is 24.2 Å². The molecule has 1 spiro atoms. The molecule has 74 valence electrons. The smallest absolute Gasteiger partial charge is 0.468 e. The third kappa shape index (κ3) is 1.51. The largest absolute Gasteiger partial charge is 0.472 e. The molecule has 0 aromatic carbocycles. The van der Waals surface area contributed by atoms with Crippen LogP contribution in [0.25, 0.3) is 0 Å². The molecule has 5 heteroatoms. The molecular formula is C8H10F3NO. The Morgan fingerprint density at radius 1 is 1.23 bits per heavy atom. The van der Waals surface area contributed by atoms with Crippen molar-refractivity contribution in [2.75, 3.05) is 6.61 Å². The van der Waals surface area contributed by atoms with E-state index >= 15 is 0 Å². The fourth-order valence-corrected chi connectivity index (χ4v) is 1.92. The van der Waals surface area contributed by atoms with Gasteiger partial charge in [-0.3, -0.25) is 0 Å². The Bertz CT molecular complexity index is 240. The van der Waals surface area contributed by atoms with Crippen molar-refractivity contribution in [2.45, 2.75) is 37.4 Å². The van der Waals surface area contributed by atoms with Crippen LogP contribution in [0.15, 0.2) is 4.99 Å². The summed E-state index contributed by atoms with van der Waals surface area (Å²) in [7, 11) is 0. The van der Waals surface area contributed by atoms with Gasteiger partial charge in [-0.25, -0.2) is 4.99 Å². The monoisotopic (exact) mass is 193 g/mol. The third-order valence-corrected chi connectivity index (χ3v) is 2.59. The molecule has 1 aliphatic heterocycles. The number of hydrogen-bond donors (Lipinski definition) is 0. The summed E-state index contributed by atoms with van der Waals surface area (Å²) in [5.41, 5.74) is -0.537. The van der Waals surface area contributed by atoms with Gasteiger partial charge in [0.25, 0.3) is 5.90 Å². The Labute approximate surface area is 73.8 Å². The lowest BCUT2D eigenvalue weighted by atomic mass is 10.0. The number of aliphatic imine (C=N–C) groups is 1. The van der Waals surface area contributed by atoms with E-state index in [0.717, 1.165) is 25.7 Å². The van der Waals surface area contributed by atoms with Crippen molar-refractivity contribution in [1.29, 1.82) is 0 Å². The van der Waals surface area contributed by atoms with Gasteiger partial charge in [-0.05, 0) is 12.8 Å². The molecule has 0 N–H and O–H groups in total. The van der Waals surface area contributed by atoms with Crippen molar-refractivity contribution >= 4 is 5.90 Å². The standard InChI is InChI=1S/C8H10F3NO/c9-8(10,11)6-12-7(5-13-6)3-1-2-4-7/h1-5H2. The van der Waals surface area contributed by atoms with E-state index in [1.807, 2.05) is 0 Å². The number of alkyl halides is 3. The fourth-order valence-electron chi connectivity index (χ4n) is 1.92. The van der Waals surface area contributed by atoms with E-state index in [4.69, 9.17) is 0 Å². The van der Waals surface area contributed by atoms with Crippen LogP contribution in [0.1, 0.15) is 25.7 Å². The average Bonchev–Trinajstić information content (AvgIpc) is 2.60. The summed E-state index contributed by atoms with van der Waals surface area (Å²) in [4.78, 5) is 3.66. The second kappa shape index (κ2) is 2.62. The Hall–Kier alpha value is -0.740. The minimum atomic E-state index is -4.41. The summed E-state index contributed by atoms with van der Waals surface area (Å²) in [6, 6.07) is 0. The van der Waals surface area contributed by atoms with Gasteiger partial charge in [0.2, 0.25) is 0 Å². The molecule has 0 unspecified atom stereocenters. The summed E-state index contributed by atoms with van der Waals surface area (Å²) >= 11 is 0. The van der Waals surface area contributed by atoms with Gasteiger partial charge in [0, 0.05) is 0 Å². The zero-order valence-corrected chi connectivity index (χ0v) is 7.02. The third-order valence-electron chi connectivity index (χ3n) is 2.59. The molecule has 0 atom stereocenters. The van der Waals surface area contributed by atoms with Gasteiger partial charge >= 0.3 is 6.18 Å². The normalized spacial score (nSPS) is 26.2. The summed E-state index contributed by atoms with van der Waals surface area (Å²) in [5.74, 6) is -1.03. The average molecular weight is 193 g/mol. The highest BCUT2D eigenvalue weighted by atomic mass is 19.4. The molecule has 1 heterocycles. The molecule has 0 saturated heterocycles. The second-order valence-corrected chi connectivity index (χ2v) is 3.63. The molecule has 2 nitrogen and oxygen atoms in total. The number of rotatable bonds is 0. The highest BCUT2D eigenvalue weighted by molar-refractivity contribution is 5.83. The molecule has 0 aromatic heterocycles. The number of ether oxygens (including phenoxy) is 1. The first-order valence-electron chi connectivity index (χ1n) is 4.32. The topological polar surface area (TPSA) is 21.6 Å². The molecular weight excluding hydrogens is 183 g/mol. The molecule has 1 aliphatic carbocycles. The van der Waals surface area contributed by atoms with Crippen molar-refractivity contribution in [2.24, 2.45) is 4.99 Å². The maximum Gasteiger partial charge on any atom is 0.468 e. The Morgan fingerprint density at radius 2 is 1.85 bits per heavy atom. The molecule has 0 amide bonds. The van der Waals surface area contributed by atoms with Crippen LogP contribution in [-0.2, 0) is 4.74 Å². The van der Waals surface area contributed by atoms with E-state index < -0.39 is 17.6 Å². The number of nitrogens with zero attached hydrogens (tertiary/aromatic N) is 1. The van der Waals surface area contributed by atoms with E-state index in [-0.39, 0.29) is 6.61 Å². The van der Waals surface area contributed by atoms with E-state index in [1.165, 1.54) is 0 Å². The molecule has 0 aromatic rings. The zero-order chi connectivity index (χ0) is 9.53. The molecule has 1 saturated carbocycles. The molecule has 13 heavy (non-hydrogen) atoms. The highest BCUT2D eigenvalue weighted by Gasteiger charge is 2.48. The van der Waals surface area contributed by atoms with Gasteiger partial charge in [0.05, 0.1) is 5.54 Å². The lowest BCUT2D eigenvalue weighted by molar-refractivity contribution is -0.0754. The Kier molecular flexibility index (Phi) is 1.78. The summed E-state index contributed by atoms with van der Waals surface area (Å²) in [5, 5.41) is 0. The van der Waals surface area contributed by atoms with Crippen LogP contribution in [0.2, 0.25) is 0 Å².